The Kier molecular flexibility index (Phi) is 8.04. The molecule has 38 heavy (non-hydrogen) atoms. The first kappa shape index (κ1) is 26.3. The molecule has 0 unspecified atom stereocenters. The third-order valence-corrected chi connectivity index (χ3v) is 9.46. The Bertz CT molecular complexity index is 1450. The van der Waals surface area contributed by atoms with Gasteiger partial charge in [0.05, 0.1) is 34.0 Å². The van der Waals surface area contributed by atoms with Gasteiger partial charge < -0.3 is 4.74 Å². The lowest BCUT2D eigenvalue weighted by molar-refractivity contribution is 0.0376. The molecule has 1 aliphatic heterocycles. The van der Waals surface area contributed by atoms with E-state index in [1.807, 2.05) is 30.3 Å². The van der Waals surface area contributed by atoms with Crippen LogP contribution in [-0.2, 0) is 14.8 Å². The summed E-state index contributed by atoms with van der Waals surface area (Å²) in [6, 6.07) is 22.9. The lowest BCUT2D eigenvalue weighted by atomic mass is 10.2. The summed E-state index contributed by atoms with van der Waals surface area (Å²) in [5.41, 5.74) is 1.83. The minimum atomic E-state index is -3.77. The van der Waals surface area contributed by atoms with Crippen molar-refractivity contribution in [2.75, 3.05) is 55.6 Å². The fourth-order valence-electron chi connectivity index (χ4n) is 4.40. The van der Waals surface area contributed by atoms with Crippen LogP contribution in [0.15, 0.2) is 83.8 Å². The van der Waals surface area contributed by atoms with Crippen molar-refractivity contribution in [1.29, 1.82) is 0 Å². The number of sulfonamides is 1. The Labute approximate surface area is 227 Å². The average Bonchev–Trinajstić information content (AvgIpc) is 3.39. The molecule has 0 radical (unpaired) electrons. The zero-order valence-electron chi connectivity index (χ0n) is 21.2. The monoisotopic (exact) mass is 550 g/mol. The zero-order valence-corrected chi connectivity index (χ0v) is 22.8. The summed E-state index contributed by atoms with van der Waals surface area (Å²) in [4.78, 5) is 22.6. The Morgan fingerprint density at radius 2 is 1.66 bits per heavy atom. The van der Waals surface area contributed by atoms with Gasteiger partial charge in [-0.15, -0.1) is 0 Å². The van der Waals surface area contributed by atoms with Gasteiger partial charge in [0, 0.05) is 38.8 Å². The van der Waals surface area contributed by atoms with Crippen LogP contribution in [-0.4, -0.2) is 70.6 Å². The minimum absolute atomic E-state index is 0.124. The molecule has 0 atom stereocenters. The van der Waals surface area contributed by atoms with E-state index in [4.69, 9.17) is 9.72 Å². The molecule has 1 saturated heterocycles. The molecule has 1 amide bonds. The molecular weight excluding hydrogens is 520 g/mol. The van der Waals surface area contributed by atoms with Crippen LogP contribution in [0.2, 0.25) is 0 Å². The Morgan fingerprint density at radius 1 is 0.974 bits per heavy atom. The lowest BCUT2D eigenvalue weighted by Gasteiger charge is -2.27. The van der Waals surface area contributed by atoms with Crippen molar-refractivity contribution < 1.29 is 17.9 Å². The number of carbonyl (C=O) groups excluding carboxylic acids is 1. The van der Waals surface area contributed by atoms with E-state index in [0.29, 0.717) is 22.9 Å². The van der Waals surface area contributed by atoms with Crippen LogP contribution in [0, 0.1) is 0 Å². The molecule has 1 fully saturated rings. The molecule has 3 aromatic carbocycles. The fourth-order valence-corrected chi connectivity index (χ4v) is 6.58. The molecule has 2 heterocycles. The summed E-state index contributed by atoms with van der Waals surface area (Å²) in [6.45, 7) is 4.61. The molecule has 1 aromatic heterocycles. The first-order valence-electron chi connectivity index (χ1n) is 12.5. The van der Waals surface area contributed by atoms with Crippen molar-refractivity contribution >= 4 is 48.3 Å². The third kappa shape index (κ3) is 5.73. The van der Waals surface area contributed by atoms with E-state index in [9.17, 15) is 13.2 Å². The number of hydrogen-bond acceptors (Lipinski definition) is 7. The Balaban J connectivity index is 1.37. The lowest BCUT2D eigenvalue weighted by Crippen LogP contribution is -2.39. The maximum atomic E-state index is 13.7. The number of aromatic nitrogens is 1. The molecule has 0 spiro atoms. The van der Waals surface area contributed by atoms with E-state index < -0.39 is 10.0 Å². The Hall–Kier alpha value is -3.31. The van der Waals surface area contributed by atoms with Crippen LogP contribution in [0.5, 0.6) is 0 Å². The number of anilines is 2. The maximum Gasteiger partial charge on any atom is 0.264 e. The predicted octanol–water partition coefficient (Wildman–Crippen LogP) is 4.49. The van der Waals surface area contributed by atoms with Gasteiger partial charge in [0.15, 0.2) is 5.13 Å². The SMILES string of the molecule is CN(c1ccccc1)S(=O)(=O)c1ccc(C(=O)N(CCCN2CCOCC2)c2nc3ccccc3s2)cc1. The molecule has 0 N–H and O–H groups in total. The normalized spacial score (nSPS) is 14.4. The average molecular weight is 551 g/mol. The number of hydrogen-bond donors (Lipinski definition) is 0. The number of rotatable bonds is 9. The third-order valence-electron chi connectivity index (χ3n) is 6.60. The van der Waals surface area contributed by atoms with E-state index >= 15 is 0 Å². The maximum absolute atomic E-state index is 13.7. The van der Waals surface area contributed by atoms with Crippen molar-refractivity contribution in [1.82, 2.24) is 9.88 Å². The van der Waals surface area contributed by atoms with Gasteiger partial charge >= 0.3 is 0 Å². The Morgan fingerprint density at radius 3 is 2.37 bits per heavy atom. The van der Waals surface area contributed by atoms with Gasteiger partial charge in [-0.25, -0.2) is 13.4 Å². The van der Waals surface area contributed by atoms with Gasteiger partial charge in [0.25, 0.3) is 15.9 Å². The molecule has 4 aromatic rings. The zero-order chi connectivity index (χ0) is 26.5. The van der Waals surface area contributed by atoms with Crippen molar-refractivity contribution in [2.24, 2.45) is 0 Å². The van der Waals surface area contributed by atoms with Gasteiger partial charge in [0.1, 0.15) is 0 Å². The second kappa shape index (κ2) is 11.6. The molecule has 198 valence electrons. The number of nitrogens with zero attached hydrogens (tertiary/aromatic N) is 4. The number of benzene rings is 3. The molecule has 1 aliphatic rings. The van der Waals surface area contributed by atoms with E-state index in [-0.39, 0.29) is 10.8 Å². The molecule has 5 rings (SSSR count). The number of thiazole rings is 1. The van der Waals surface area contributed by atoms with Crippen molar-refractivity contribution in [3.8, 4) is 0 Å². The van der Waals surface area contributed by atoms with E-state index in [2.05, 4.69) is 4.90 Å². The second-order valence-corrected chi connectivity index (χ2v) is 12.0. The van der Waals surface area contributed by atoms with Crippen molar-refractivity contribution in [3.05, 3.63) is 84.4 Å². The van der Waals surface area contributed by atoms with Gasteiger partial charge in [-0.3, -0.25) is 18.9 Å². The van der Waals surface area contributed by atoms with Crippen LogP contribution >= 0.6 is 11.3 Å². The summed E-state index contributed by atoms with van der Waals surface area (Å²) in [6.07, 6.45) is 0.788. The van der Waals surface area contributed by atoms with Gasteiger partial charge in [-0.2, -0.15) is 0 Å². The van der Waals surface area contributed by atoms with E-state index in [1.165, 1.54) is 34.8 Å². The fraction of sp³-hybridized carbons (Fsp3) is 0.286. The summed E-state index contributed by atoms with van der Waals surface area (Å²) in [5.74, 6) is -0.202. The number of ether oxygens (including phenoxy) is 1. The summed E-state index contributed by atoms with van der Waals surface area (Å²) >= 11 is 1.48. The number of para-hydroxylation sites is 2. The molecule has 8 nitrogen and oxygen atoms in total. The number of morpholine rings is 1. The molecule has 0 saturated carbocycles. The molecule has 0 aliphatic carbocycles. The predicted molar refractivity (Wildman–Crippen MR) is 152 cm³/mol. The highest BCUT2D eigenvalue weighted by atomic mass is 32.2. The van der Waals surface area contributed by atoms with E-state index in [0.717, 1.165) is 49.5 Å². The summed E-state index contributed by atoms with van der Waals surface area (Å²) < 4.78 is 34.0. The first-order chi connectivity index (χ1) is 18.4. The topological polar surface area (TPSA) is 83.1 Å². The number of carbonyl (C=O) groups is 1. The summed E-state index contributed by atoms with van der Waals surface area (Å²) in [7, 11) is -2.25. The first-order valence-corrected chi connectivity index (χ1v) is 14.8. The highest BCUT2D eigenvalue weighted by molar-refractivity contribution is 7.92. The number of fused-ring (bicyclic) bond motifs is 1. The van der Waals surface area contributed by atoms with Crippen molar-refractivity contribution in [3.63, 3.8) is 0 Å². The second-order valence-electron chi connectivity index (χ2n) is 9.06. The van der Waals surface area contributed by atoms with Crippen molar-refractivity contribution in [2.45, 2.75) is 11.3 Å². The van der Waals surface area contributed by atoms with Gasteiger partial charge in [-0.1, -0.05) is 41.7 Å². The highest BCUT2D eigenvalue weighted by Crippen LogP contribution is 2.30. The summed E-state index contributed by atoms with van der Waals surface area (Å²) in [5, 5.41) is 0.638. The molecule has 0 bridgehead atoms. The smallest absolute Gasteiger partial charge is 0.264 e. The van der Waals surface area contributed by atoms with E-state index in [1.54, 1.807) is 41.3 Å². The molecule has 10 heteroatoms. The van der Waals surface area contributed by atoms with Crippen LogP contribution in [0.25, 0.3) is 10.2 Å². The van der Waals surface area contributed by atoms with Crippen LogP contribution in [0.3, 0.4) is 0 Å². The minimum Gasteiger partial charge on any atom is -0.379 e. The number of amides is 1. The quantitative estimate of drug-likeness (QED) is 0.305. The standard InChI is InChI=1S/C28H30N4O4S2/c1-30(23-8-3-2-4-9-23)38(34,35)24-14-12-22(13-15-24)27(33)32(17-7-16-31-18-20-36-21-19-31)28-29-25-10-5-6-11-26(25)37-28/h2-6,8-15H,7,16-21H2,1H3. The van der Waals surface area contributed by atoms with Crippen LogP contribution in [0.4, 0.5) is 10.8 Å². The van der Waals surface area contributed by atoms with Crippen LogP contribution < -0.4 is 9.21 Å². The highest BCUT2D eigenvalue weighted by Gasteiger charge is 2.25. The van der Waals surface area contributed by atoms with Gasteiger partial charge in [0.2, 0.25) is 0 Å². The molecular formula is C28H30N4O4S2. The van der Waals surface area contributed by atoms with Gasteiger partial charge in [-0.05, 0) is 55.0 Å². The van der Waals surface area contributed by atoms with Crippen LogP contribution in [0.1, 0.15) is 16.8 Å². The largest absolute Gasteiger partial charge is 0.379 e.